The highest BCUT2D eigenvalue weighted by molar-refractivity contribution is 5.40. The molecule has 0 radical (unpaired) electrons. The molecule has 0 aliphatic heterocycles. The van der Waals surface area contributed by atoms with Gasteiger partial charge in [0.2, 0.25) is 0 Å². The van der Waals surface area contributed by atoms with Crippen LogP contribution in [0.5, 0.6) is 0 Å². The molecule has 4 nitrogen and oxygen atoms in total. The molecule has 4 aliphatic carbocycles. The van der Waals surface area contributed by atoms with Crippen molar-refractivity contribution in [2.24, 2.45) is 28.4 Å². The Kier molecular flexibility index (Phi) is 3.78. The summed E-state index contributed by atoms with van der Waals surface area (Å²) < 4.78 is 0. The molecule has 4 aliphatic rings. The molecule has 134 valence electrons. The molecule has 0 aromatic carbocycles. The lowest BCUT2D eigenvalue weighted by Crippen LogP contribution is -2.53. The average molecular weight is 332 g/mol. The van der Waals surface area contributed by atoms with E-state index in [4.69, 9.17) is 5.73 Å². The lowest BCUT2D eigenvalue weighted by Gasteiger charge is -2.55. The normalized spacial score (nSPS) is 53.6. The van der Waals surface area contributed by atoms with Crippen molar-refractivity contribution in [1.29, 1.82) is 0 Å². The van der Waals surface area contributed by atoms with Crippen LogP contribution >= 0.6 is 0 Å². The summed E-state index contributed by atoms with van der Waals surface area (Å²) in [4.78, 5) is 0. The largest absolute Gasteiger partial charge is 0.391 e. The van der Waals surface area contributed by atoms with E-state index < -0.39 is 0 Å². The summed E-state index contributed by atoms with van der Waals surface area (Å²) in [6.07, 6.45) is 8.69. The van der Waals surface area contributed by atoms with Gasteiger partial charge in [-0.1, -0.05) is 37.1 Å². The van der Waals surface area contributed by atoms with E-state index in [1.807, 2.05) is 7.05 Å². The van der Waals surface area contributed by atoms with Crippen molar-refractivity contribution in [2.75, 3.05) is 7.05 Å². The molecule has 3 saturated carbocycles. The van der Waals surface area contributed by atoms with Crippen LogP contribution in [0.1, 0.15) is 46.0 Å². The van der Waals surface area contributed by atoms with E-state index in [1.54, 1.807) is 0 Å². The van der Waals surface area contributed by atoms with Crippen molar-refractivity contribution in [2.45, 2.75) is 70.2 Å². The highest BCUT2D eigenvalue weighted by atomic mass is 16.3. The molecule has 0 aromatic heterocycles. The molecule has 0 saturated heterocycles. The third kappa shape index (κ3) is 2.06. The molecule has 8 atom stereocenters. The van der Waals surface area contributed by atoms with Crippen molar-refractivity contribution in [3.63, 3.8) is 0 Å². The SMILES string of the molecule is CNC1C[C@@]2(C)C(=CC=C3[C@H]2CC[C@]2(C)C(N)C(O)C[C@@H]32)CC1O. The number of fused-ring (bicyclic) bond motifs is 5. The maximum atomic E-state index is 10.4. The maximum Gasteiger partial charge on any atom is 0.0730 e. The minimum Gasteiger partial charge on any atom is -0.391 e. The summed E-state index contributed by atoms with van der Waals surface area (Å²) in [6, 6.07) is 0.0528. The van der Waals surface area contributed by atoms with E-state index >= 15 is 0 Å². The first-order chi connectivity index (χ1) is 11.3. The summed E-state index contributed by atoms with van der Waals surface area (Å²) >= 11 is 0. The quantitative estimate of drug-likeness (QED) is 0.590. The van der Waals surface area contributed by atoms with Crippen LogP contribution in [0.3, 0.4) is 0 Å². The molecule has 4 rings (SSSR count). The number of nitrogens with one attached hydrogen (secondary N) is 1. The van der Waals surface area contributed by atoms with Crippen molar-refractivity contribution < 1.29 is 10.2 Å². The van der Waals surface area contributed by atoms with E-state index in [9.17, 15) is 10.2 Å². The van der Waals surface area contributed by atoms with E-state index in [0.29, 0.717) is 11.8 Å². The Labute approximate surface area is 145 Å². The molecule has 3 fully saturated rings. The van der Waals surface area contributed by atoms with Crippen LogP contribution < -0.4 is 11.1 Å². The number of aliphatic hydroxyl groups is 2. The molecule has 0 bridgehead atoms. The van der Waals surface area contributed by atoms with Crippen LogP contribution in [-0.2, 0) is 0 Å². The molecular formula is C20H32N2O2. The smallest absolute Gasteiger partial charge is 0.0730 e. The summed E-state index contributed by atoms with van der Waals surface area (Å²) in [7, 11) is 1.95. The minimum atomic E-state index is -0.379. The van der Waals surface area contributed by atoms with E-state index in [0.717, 1.165) is 32.1 Å². The molecule has 0 amide bonds. The number of aliphatic hydroxyl groups excluding tert-OH is 2. The van der Waals surface area contributed by atoms with Crippen molar-refractivity contribution >= 4 is 0 Å². The molecular weight excluding hydrogens is 300 g/mol. The van der Waals surface area contributed by atoms with Crippen LogP contribution in [0.15, 0.2) is 23.3 Å². The second kappa shape index (κ2) is 5.41. The van der Waals surface area contributed by atoms with E-state index in [2.05, 4.69) is 31.3 Å². The predicted molar refractivity (Wildman–Crippen MR) is 95.3 cm³/mol. The summed E-state index contributed by atoms with van der Waals surface area (Å²) in [5.74, 6) is 0.923. The van der Waals surface area contributed by atoms with E-state index in [-0.39, 0.29) is 35.1 Å². The second-order valence-electron chi connectivity index (χ2n) is 9.13. The van der Waals surface area contributed by atoms with Gasteiger partial charge in [0.05, 0.1) is 12.2 Å². The van der Waals surface area contributed by atoms with Crippen LogP contribution in [0.2, 0.25) is 0 Å². The van der Waals surface area contributed by atoms with Crippen molar-refractivity contribution in [3.8, 4) is 0 Å². The standard InChI is InChI=1S/C20H32N2O2/c1-19-7-6-13-12(14(19)9-17(24)18(19)21)5-4-11-8-16(23)15(22-3)10-20(11,13)2/h4-5,13-18,22-24H,6-10,21H2,1-3H3/t13-,14+,15?,16?,17?,18?,19+,20+/m1/s1. The highest BCUT2D eigenvalue weighted by Crippen LogP contribution is 2.63. The zero-order valence-corrected chi connectivity index (χ0v) is 15.1. The molecule has 4 unspecified atom stereocenters. The van der Waals surface area contributed by atoms with Crippen LogP contribution in [-0.4, -0.2) is 41.6 Å². The molecule has 0 aromatic rings. The summed E-state index contributed by atoms with van der Waals surface area (Å²) in [5.41, 5.74) is 9.44. The number of hydrogen-bond acceptors (Lipinski definition) is 4. The average Bonchev–Trinajstić information content (AvgIpc) is 2.78. The number of nitrogens with two attached hydrogens (primary N) is 1. The Morgan fingerprint density at radius 2 is 1.92 bits per heavy atom. The Bertz CT molecular complexity index is 600. The zero-order valence-electron chi connectivity index (χ0n) is 15.1. The Balaban J connectivity index is 1.72. The molecule has 24 heavy (non-hydrogen) atoms. The second-order valence-corrected chi connectivity index (χ2v) is 9.13. The van der Waals surface area contributed by atoms with Crippen LogP contribution in [0.4, 0.5) is 0 Å². The van der Waals surface area contributed by atoms with Gasteiger partial charge in [0, 0.05) is 12.1 Å². The first-order valence-corrected chi connectivity index (χ1v) is 9.51. The lowest BCUT2D eigenvalue weighted by atomic mass is 9.50. The zero-order chi connectivity index (χ0) is 17.3. The Morgan fingerprint density at radius 1 is 1.17 bits per heavy atom. The van der Waals surface area contributed by atoms with Gasteiger partial charge < -0.3 is 21.3 Å². The number of hydrogen-bond donors (Lipinski definition) is 4. The van der Waals surface area contributed by atoms with Gasteiger partial charge in [-0.25, -0.2) is 0 Å². The topological polar surface area (TPSA) is 78.5 Å². The summed E-state index contributed by atoms with van der Waals surface area (Å²) in [6.45, 7) is 4.67. The first-order valence-electron chi connectivity index (χ1n) is 9.51. The van der Waals surface area contributed by atoms with E-state index in [1.165, 1.54) is 11.1 Å². The van der Waals surface area contributed by atoms with Gasteiger partial charge in [-0.2, -0.15) is 0 Å². The fourth-order valence-corrected chi connectivity index (χ4v) is 6.41. The van der Waals surface area contributed by atoms with Gasteiger partial charge in [-0.3, -0.25) is 0 Å². The third-order valence-electron chi connectivity index (χ3n) is 8.11. The van der Waals surface area contributed by atoms with Crippen molar-refractivity contribution in [3.05, 3.63) is 23.3 Å². The molecule has 4 heteroatoms. The Hall–Kier alpha value is -0.680. The van der Waals surface area contributed by atoms with Gasteiger partial charge in [-0.05, 0) is 61.8 Å². The number of allylic oxidation sites excluding steroid dienone is 3. The maximum absolute atomic E-state index is 10.4. The number of likely N-dealkylation sites (N-methyl/N-ethyl adjacent to an activating group) is 1. The van der Waals surface area contributed by atoms with Crippen LogP contribution in [0, 0.1) is 22.7 Å². The highest BCUT2D eigenvalue weighted by Gasteiger charge is 2.58. The monoisotopic (exact) mass is 332 g/mol. The fraction of sp³-hybridized carbons (Fsp3) is 0.800. The number of rotatable bonds is 1. The molecule has 0 spiro atoms. The van der Waals surface area contributed by atoms with Gasteiger partial charge in [0.1, 0.15) is 0 Å². The summed E-state index contributed by atoms with van der Waals surface area (Å²) in [5, 5.41) is 24.1. The van der Waals surface area contributed by atoms with Gasteiger partial charge in [0.25, 0.3) is 0 Å². The lowest BCUT2D eigenvalue weighted by molar-refractivity contribution is 0.0319. The molecule has 0 heterocycles. The minimum absolute atomic E-state index is 0.0278. The van der Waals surface area contributed by atoms with Gasteiger partial charge >= 0.3 is 0 Å². The van der Waals surface area contributed by atoms with Gasteiger partial charge in [-0.15, -0.1) is 0 Å². The van der Waals surface area contributed by atoms with Crippen LogP contribution in [0.25, 0.3) is 0 Å². The third-order valence-corrected chi connectivity index (χ3v) is 8.11. The Morgan fingerprint density at radius 3 is 2.62 bits per heavy atom. The predicted octanol–water partition coefficient (Wildman–Crippen LogP) is 1.73. The first kappa shape index (κ1) is 16.8. The van der Waals surface area contributed by atoms with Crippen molar-refractivity contribution in [1.82, 2.24) is 5.32 Å². The fourth-order valence-electron chi connectivity index (χ4n) is 6.41. The molecule has 5 N–H and O–H groups in total. The van der Waals surface area contributed by atoms with Gasteiger partial charge in [0.15, 0.2) is 0 Å².